The van der Waals surface area contributed by atoms with Gasteiger partial charge in [0, 0.05) is 0 Å². The highest BCUT2D eigenvalue weighted by Gasteiger charge is 2.29. The Kier molecular flexibility index (Phi) is 3.99. The summed E-state index contributed by atoms with van der Waals surface area (Å²) in [6.45, 7) is 0. The van der Waals surface area contributed by atoms with Crippen LogP contribution in [0.3, 0.4) is 0 Å². The molecule has 88 valence electrons. The molecule has 1 rings (SSSR count). The Hall–Kier alpha value is -1.44. The molecule has 0 fully saturated rings. The Morgan fingerprint density at radius 1 is 1.62 bits per heavy atom. The first kappa shape index (κ1) is 12.6. The Morgan fingerprint density at radius 3 is 2.75 bits per heavy atom. The van der Waals surface area contributed by atoms with Crippen molar-refractivity contribution in [3.8, 4) is 0 Å². The van der Waals surface area contributed by atoms with Gasteiger partial charge in [-0.3, -0.25) is 4.98 Å². The predicted molar refractivity (Wildman–Crippen MR) is 54.4 cm³/mol. The highest BCUT2D eigenvalue weighted by molar-refractivity contribution is 6.30. The minimum Gasteiger partial charge on any atom is -0.467 e. The first-order valence-corrected chi connectivity index (χ1v) is 4.57. The van der Waals surface area contributed by atoms with E-state index < -0.39 is 18.2 Å². The number of nitrogens with zero attached hydrogens (tertiary/aromatic N) is 2. The summed E-state index contributed by atoms with van der Waals surface area (Å²) in [4.78, 5) is 18.3. The fourth-order valence-corrected chi connectivity index (χ4v) is 1.24. The first-order chi connectivity index (χ1) is 7.47. The number of aliphatic hydroxyl groups excluding tert-OH is 2. The Bertz CT molecular complexity index is 401. The van der Waals surface area contributed by atoms with E-state index >= 15 is 0 Å². The summed E-state index contributed by atoms with van der Waals surface area (Å²) in [5, 5.41) is 18.8. The molecule has 2 unspecified atom stereocenters. The number of ether oxygens (including phenoxy) is 1. The minimum absolute atomic E-state index is 0.0634. The van der Waals surface area contributed by atoms with E-state index in [2.05, 4.69) is 14.7 Å². The summed E-state index contributed by atoms with van der Waals surface area (Å²) in [7, 11) is 1.08. The Balaban J connectivity index is 2.96. The van der Waals surface area contributed by atoms with Crippen LogP contribution in [0.15, 0.2) is 6.20 Å². The van der Waals surface area contributed by atoms with E-state index in [1.54, 1.807) is 0 Å². The van der Waals surface area contributed by atoms with Gasteiger partial charge in [-0.15, -0.1) is 0 Å². The molecule has 4 N–H and O–H groups in total. The maximum atomic E-state index is 11.0. The number of carbonyl (C=O) groups excluding carboxylic acids is 1. The van der Waals surface area contributed by atoms with Gasteiger partial charge in [0.15, 0.2) is 11.3 Å². The summed E-state index contributed by atoms with van der Waals surface area (Å²) in [5.41, 5.74) is 5.15. The average Bonchev–Trinajstić information content (AvgIpc) is 2.26. The molecule has 0 bridgehead atoms. The molecule has 1 heterocycles. The minimum atomic E-state index is -1.78. The monoisotopic (exact) mass is 247 g/mol. The first-order valence-electron chi connectivity index (χ1n) is 4.19. The van der Waals surface area contributed by atoms with Crippen LogP contribution < -0.4 is 5.73 Å². The standard InChI is InChI=1S/C8H10ClN3O4/c1-16-8(15)6(14)5(13)4-7(9)12-3(10)2-11-4/h2,5-6,13-14H,1H3,(H2,10,12). The van der Waals surface area contributed by atoms with E-state index in [1.807, 2.05) is 0 Å². The molecule has 0 saturated carbocycles. The lowest BCUT2D eigenvalue weighted by Gasteiger charge is -2.15. The number of hydrogen-bond donors (Lipinski definition) is 3. The largest absolute Gasteiger partial charge is 0.467 e. The molecule has 0 radical (unpaired) electrons. The van der Waals surface area contributed by atoms with Crippen molar-refractivity contribution < 1.29 is 19.7 Å². The summed E-state index contributed by atoms with van der Waals surface area (Å²) in [5.74, 6) is -0.935. The maximum absolute atomic E-state index is 11.0. The van der Waals surface area contributed by atoms with E-state index in [0.717, 1.165) is 13.3 Å². The molecule has 0 spiro atoms. The van der Waals surface area contributed by atoms with Gasteiger partial charge in [-0.1, -0.05) is 11.6 Å². The number of rotatable bonds is 3. The van der Waals surface area contributed by atoms with Gasteiger partial charge in [0.1, 0.15) is 17.6 Å². The van der Waals surface area contributed by atoms with Crippen LogP contribution in [0.2, 0.25) is 5.15 Å². The van der Waals surface area contributed by atoms with E-state index in [4.69, 9.17) is 17.3 Å². The van der Waals surface area contributed by atoms with Crippen molar-refractivity contribution in [2.45, 2.75) is 12.2 Å². The second-order valence-electron chi connectivity index (χ2n) is 2.88. The SMILES string of the molecule is COC(=O)C(O)C(O)c1ncc(N)nc1Cl. The van der Waals surface area contributed by atoms with Crippen LogP contribution in [-0.4, -0.2) is 39.4 Å². The molecule has 0 aliphatic rings. The number of methoxy groups -OCH3 is 1. The summed E-state index contributed by atoms with van der Waals surface area (Å²) in [6.07, 6.45) is -2.25. The molecule has 1 aromatic rings. The lowest BCUT2D eigenvalue weighted by molar-refractivity contribution is -0.157. The van der Waals surface area contributed by atoms with Gasteiger partial charge < -0.3 is 20.7 Å². The average molecular weight is 248 g/mol. The van der Waals surface area contributed by atoms with Crippen LogP contribution in [0.4, 0.5) is 5.82 Å². The van der Waals surface area contributed by atoms with Crippen LogP contribution in [-0.2, 0) is 9.53 Å². The summed E-state index contributed by atoms with van der Waals surface area (Å²) < 4.78 is 4.25. The molecule has 0 amide bonds. The van der Waals surface area contributed by atoms with Gasteiger partial charge in [-0.05, 0) is 0 Å². The zero-order chi connectivity index (χ0) is 12.3. The van der Waals surface area contributed by atoms with Crippen molar-refractivity contribution in [1.29, 1.82) is 0 Å². The molecule has 16 heavy (non-hydrogen) atoms. The fraction of sp³-hybridized carbons (Fsp3) is 0.375. The second kappa shape index (κ2) is 5.06. The molecular weight excluding hydrogens is 238 g/mol. The molecule has 1 aromatic heterocycles. The number of esters is 1. The van der Waals surface area contributed by atoms with Crippen molar-refractivity contribution in [3.63, 3.8) is 0 Å². The van der Waals surface area contributed by atoms with Crippen molar-refractivity contribution >= 4 is 23.4 Å². The van der Waals surface area contributed by atoms with E-state index in [-0.39, 0.29) is 16.7 Å². The van der Waals surface area contributed by atoms with Gasteiger partial charge in [-0.25, -0.2) is 9.78 Å². The highest BCUT2D eigenvalue weighted by Crippen LogP contribution is 2.22. The predicted octanol–water partition coefficient (Wildman–Crippen LogP) is -0.721. The third-order valence-electron chi connectivity index (χ3n) is 1.80. The maximum Gasteiger partial charge on any atom is 0.337 e. The normalized spacial score (nSPS) is 14.2. The summed E-state index contributed by atoms with van der Waals surface area (Å²) in [6, 6.07) is 0. The number of hydrogen-bond acceptors (Lipinski definition) is 7. The zero-order valence-electron chi connectivity index (χ0n) is 8.29. The topological polar surface area (TPSA) is 119 Å². The van der Waals surface area contributed by atoms with Gasteiger partial charge in [0.2, 0.25) is 0 Å². The van der Waals surface area contributed by atoms with Crippen LogP contribution in [0.5, 0.6) is 0 Å². The molecule has 8 heteroatoms. The molecule has 0 aliphatic carbocycles. The number of halogens is 1. The van der Waals surface area contributed by atoms with Crippen LogP contribution in [0.1, 0.15) is 11.8 Å². The van der Waals surface area contributed by atoms with Gasteiger partial charge >= 0.3 is 5.97 Å². The van der Waals surface area contributed by atoms with E-state index in [9.17, 15) is 15.0 Å². The third-order valence-corrected chi connectivity index (χ3v) is 2.07. The number of aliphatic hydroxyl groups is 2. The quantitative estimate of drug-likeness (QED) is 0.603. The van der Waals surface area contributed by atoms with Crippen LogP contribution in [0, 0.1) is 0 Å². The lowest BCUT2D eigenvalue weighted by Crippen LogP contribution is -2.30. The number of nitrogens with two attached hydrogens (primary N) is 1. The van der Waals surface area contributed by atoms with Gasteiger partial charge in [-0.2, -0.15) is 0 Å². The Labute approximate surface area is 95.8 Å². The lowest BCUT2D eigenvalue weighted by atomic mass is 10.1. The molecule has 0 aliphatic heterocycles. The molecule has 7 nitrogen and oxygen atoms in total. The van der Waals surface area contributed by atoms with Crippen molar-refractivity contribution in [2.75, 3.05) is 12.8 Å². The number of anilines is 1. The summed E-state index contributed by atoms with van der Waals surface area (Å²) >= 11 is 5.64. The smallest absolute Gasteiger partial charge is 0.337 e. The third kappa shape index (κ3) is 2.57. The highest BCUT2D eigenvalue weighted by atomic mass is 35.5. The molecular formula is C8H10ClN3O4. The Morgan fingerprint density at radius 2 is 2.25 bits per heavy atom. The molecule has 0 aromatic carbocycles. The number of aromatic nitrogens is 2. The van der Waals surface area contributed by atoms with E-state index in [1.165, 1.54) is 0 Å². The van der Waals surface area contributed by atoms with Crippen LogP contribution in [0.25, 0.3) is 0 Å². The zero-order valence-corrected chi connectivity index (χ0v) is 9.05. The van der Waals surface area contributed by atoms with Gasteiger partial charge in [0.05, 0.1) is 13.3 Å². The van der Waals surface area contributed by atoms with Crippen molar-refractivity contribution in [2.24, 2.45) is 0 Å². The number of nitrogen functional groups attached to an aromatic ring is 1. The number of carbonyl (C=O) groups is 1. The van der Waals surface area contributed by atoms with Crippen molar-refractivity contribution in [3.05, 3.63) is 17.0 Å². The van der Waals surface area contributed by atoms with Gasteiger partial charge in [0.25, 0.3) is 0 Å². The second-order valence-corrected chi connectivity index (χ2v) is 3.24. The van der Waals surface area contributed by atoms with Crippen molar-refractivity contribution in [1.82, 2.24) is 9.97 Å². The van der Waals surface area contributed by atoms with Crippen LogP contribution >= 0.6 is 11.6 Å². The molecule has 0 saturated heterocycles. The fourth-order valence-electron chi connectivity index (χ4n) is 0.986. The molecule has 2 atom stereocenters. The van der Waals surface area contributed by atoms with E-state index in [0.29, 0.717) is 0 Å².